The van der Waals surface area contributed by atoms with Gasteiger partial charge in [0.1, 0.15) is 11.5 Å². The number of carbonyl (C=O) groups excluding carboxylic acids is 1. The minimum Gasteiger partial charge on any atom is -0.344 e. The van der Waals surface area contributed by atoms with Gasteiger partial charge in [-0.25, -0.2) is 4.98 Å². The molecule has 3 aromatic rings. The summed E-state index contributed by atoms with van der Waals surface area (Å²) in [7, 11) is 1.90. The van der Waals surface area contributed by atoms with Crippen LogP contribution in [-0.2, 0) is 7.05 Å². The largest absolute Gasteiger partial charge is 0.344 e. The molecule has 0 aliphatic heterocycles. The Balaban J connectivity index is 1.85. The highest BCUT2D eigenvalue weighted by Gasteiger charge is 2.17. The van der Waals surface area contributed by atoms with E-state index in [4.69, 9.17) is 0 Å². The summed E-state index contributed by atoms with van der Waals surface area (Å²) in [4.78, 5) is 19.8. The lowest BCUT2D eigenvalue weighted by Crippen LogP contribution is -2.28. The van der Waals surface area contributed by atoms with Crippen molar-refractivity contribution in [1.82, 2.24) is 19.9 Å². The summed E-state index contributed by atoms with van der Waals surface area (Å²) in [6.07, 6.45) is 1.76. The molecule has 0 fully saturated rings. The van der Waals surface area contributed by atoms with Crippen molar-refractivity contribution in [2.45, 2.75) is 19.9 Å². The molecule has 1 unspecified atom stereocenters. The van der Waals surface area contributed by atoms with E-state index in [0.717, 1.165) is 22.4 Å². The number of rotatable bonds is 3. The quantitative estimate of drug-likeness (QED) is 0.776. The molecule has 0 radical (unpaired) electrons. The predicted molar refractivity (Wildman–Crippen MR) is 82.1 cm³/mol. The highest BCUT2D eigenvalue weighted by Crippen LogP contribution is 2.19. The van der Waals surface area contributed by atoms with Crippen LogP contribution in [0.3, 0.4) is 0 Å². The van der Waals surface area contributed by atoms with Gasteiger partial charge >= 0.3 is 0 Å². The van der Waals surface area contributed by atoms with Gasteiger partial charge in [-0.15, -0.1) is 0 Å². The van der Waals surface area contributed by atoms with Gasteiger partial charge in [0.05, 0.1) is 6.04 Å². The Morgan fingerprint density at radius 1 is 1.38 bits per heavy atom. The average molecular weight is 282 g/mol. The van der Waals surface area contributed by atoms with Gasteiger partial charge in [-0.2, -0.15) is 0 Å². The first kappa shape index (κ1) is 13.4. The van der Waals surface area contributed by atoms with E-state index in [1.807, 2.05) is 55.8 Å². The zero-order chi connectivity index (χ0) is 15.0. The molecule has 3 rings (SSSR count). The predicted octanol–water partition coefficient (Wildman–Crippen LogP) is 2.70. The van der Waals surface area contributed by atoms with Crippen LogP contribution in [0.25, 0.3) is 10.9 Å². The molecule has 1 atom stereocenters. The van der Waals surface area contributed by atoms with Gasteiger partial charge in [0.25, 0.3) is 5.91 Å². The maximum atomic E-state index is 12.5. The lowest BCUT2D eigenvalue weighted by atomic mass is 10.2. The van der Waals surface area contributed by atoms with Gasteiger partial charge in [0, 0.05) is 29.8 Å². The number of aromatic amines is 1. The van der Waals surface area contributed by atoms with Crippen molar-refractivity contribution < 1.29 is 4.79 Å². The Morgan fingerprint density at radius 3 is 2.81 bits per heavy atom. The van der Waals surface area contributed by atoms with E-state index in [9.17, 15) is 4.79 Å². The van der Waals surface area contributed by atoms with E-state index in [2.05, 4.69) is 15.3 Å². The molecule has 108 valence electrons. The number of H-pyrrole nitrogens is 1. The van der Waals surface area contributed by atoms with Crippen molar-refractivity contribution in [2.75, 3.05) is 0 Å². The summed E-state index contributed by atoms with van der Waals surface area (Å²) in [5.74, 6) is 0.662. The van der Waals surface area contributed by atoms with Crippen molar-refractivity contribution >= 4 is 16.8 Å². The van der Waals surface area contributed by atoms with Gasteiger partial charge in [-0.3, -0.25) is 4.79 Å². The fourth-order valence-electron chi connectivity index (χ4n) is 2.50. The second-order valence-electron chi connectivity index (χ2n) is 5.29. The molecule has 0 saturated heterocycles. The smallest absolute Gasteiger partial charge is 0.268 e. The van der Waals surface area contributed by atoms with Gasteiger partial charge in [0.15, 0.2) is 0 Å². The van der Waals surface area contributed by atoms with E-state index >= 15 is 0 Å². The molecule has 1 aromatic carbocycles. The van der Waals surface area contributed by atoms with Crippen LogP contribution in [0.5, 0.6) is 0 Å². The minimum atomic E-state index is -0.163. The van der Waals surface area contributed by atoms with Crippen LogP contribution < -0.4 is 5.32 Å². The van der Waals surface area contributed by atoms with Crippen LogP contribution in [0.1, 0.15) is 35.0 Å². The van der Waals surface area contributed by atoms with Crippen molar-refractivity contribution in [3.63, 3.8) is 0 Å². The lowest BCUT2D eigenvalue weighted by Gasteiger charge is -2.12. The van der Waals surface area contributed by atoms with Gasteiger partial charge in [-0.1, -0.05) is 18.2 Å². The fourth-order valence-corrected chi connectivity index (χ4v) is 2.50. The molecular formula is C16H18N4O. The highest BCUT2D eigenvalue weighted by atomic mass is 16.2. The van der Waals surface area contributed by atoms with Crippen molar-refractivity contribution in [2.24, 2.45) is 7.05 Å². The molecule has 0 aliphatic carbocycles. The third kappa shape index (κ3) is 2.42. The Hall–Kier alpha value is -2.56. The summed E-state index contributed by atoms with van der Waals surface area (Å²) < 4.78 is 1.91. The van der Waals surface area contributed by atoms with Crippen molar-refractivity contribution in [3.05, 3.63) is 53.7 Å². The summed E-state index contributed by atoms with van der Waals surface area (Å²) in [5, 5.41) is 4.04. The molecule has 2 N–H and O–H groups in total. The van der Waals surface area contributed by atoms with Crippen LogP contribution in [0, 0.1) is 6.92 Å². The summed E-state index contributed by atoms with van der Waals surface area (Å²) in [6.45, 7) is 3.85. The van der Waals surface area contributed by atoms with E-state index in [1.54, 1.807) is 6.20 Å². The number of para-hydroxylation sites is 1. The number of imidazole rings is 1. The van der Waals surface area contributed by atoms with E-state index < -0.39 is 0 Å². The number of nitrogens with zero attached hydrogens (tertiary/aromatic N) is 2. The number of hydrogen-bond acceptors (Lipinski definition) is 2. The number of aromatic nitrogens is 3. The molecule has 0 bridgehead atoms. The van der Waals surface area contributed by atoms with Crippen molar-refractivity contribution in [1.29, 1.82) is 0 Å². The van der Waals surface area contributed by atoms with Gasteiger partial charge in [-0.05, 0) is 26.0 Å². The topological polar surface area (TPSA) is 62.7 Å². The molecule has 0 saturated carbocycles. The highest BCUT2D eigenvalue weighted by molar-refractivity contribution is 5.98. The standard InChI is InChI=1S/C16H18N4O/c1-10-9-17-15(18-10)11(2)19-16(21)14-8-12-6-4-5-7-13(12)20(14)3/h4-9,11H,1-3H3,(H,17,18)(H,19,21). The number of carbonyl (C=O) groups is 1. The molecule has 0 spiro atoms. The average Bonchev–Trinajstić information content (AvgIpc) is 3.04. The van der Waals surface area contributed by atoms with Crippen molar-refractivity contribution in [3.8, 4) is 0 Å². The third-order valence-electron chi connectivity index (χ3n) is 3.66. The maximum Gasteiger partial charge on any atom is 0.268 e. The Bertz CT molecular complexity index is 800. The van der Waals surface area contributed by atoms with E-state index in [-0.39, 0.29) is 11.9 Å². The van der Waals surface area contributed by atoms with Crippen LogP contribution in [0.4, 0.5) is 0 Å². The summed E-state index contributed by atoms with van der Waals surface area (Å²) in [6, 6.07) is 9.70. The molecule has 0 aliphatic rings. The number of aryl methyl sites for hydroxylation is 2. The molecule has 5 nitrogen and oxygen atoms in total. The summed E-state index contributed by atoms with van der Waals surface area (Å²) >= 11 is 0. The summed E-state index contributed by atoms with van der Waals surface area (Å²) in [5.41, 5.74) is 2.67. The molecule has 2 heterocycles. The molecule has 21 heavy (non-hydrogen) atoms. The number of fused-ring (bicyclic) bond motifs is 1. The Morgan fingerprint density at radius 2 is 2.14 bits per heavy atom. The molecule has 2 aromatic heterocycles. The first-order chi connectivity index (χ1) is 10.1. The van der Waals surface area contributed by atoms with Crippen LogP contribution >= 0.6 is 0 Å². The molecule has 1 amide bonds. The van der Waals surface area contributed by atoms with Gasteiger partial charge in [0.2, 0.25) is 0 Å². The van der Waals surface area contributed by atoms with Crippen LogP contribution in [0.15, 0.2) is 36.5 Å². The van der Waals surface area contributed by atoms with E-state index in [1.165, 1.54) is 0 Å². The second-order valence-corrected chi connectivity index (χ2v) is 5.29. The zero-order valence-electron chi connectivity index (χ0n) is 12.3. The van der Waals surface area contributed by atoms with Crippen LogP contribution in [0.2, 0.25) is 0 Å². The second kappa shape index (κ2) is 5.09. The monoisotopic (exact) mass is 282 g/mol. The first-order valence-electron chi connectivity index (χ1n) is 6.93. The number of benzene rings is 1. The zero-order valence-corrected chi connectivity index (χ0v) is 12.3. The third-order valence-corrected chi connectivity index (χ3v) is 3.66. The maximum absolute atomic E-state index is 12.5. The van der Waals surface area contributed by atoms with Crippen LogP contribution in [-0.4, -0.2) is 20.4 Å². The minimum absolute atomic E-state index is 0.102. The normalized spacial score (nSPS) is 12.5. The van der Waals surface area contributed by atoms with E-state index in [0.29, 0.717) is 5.69 Å². The molecule has 5 heteroatoms. The van der Waals surface area contributed by atoms with Gasteiger partial charge < -0.3 is 14.9 Å². The lowest BCUT2D eigenvalue weighted by molar-refractivity contribution is 0.0930. The number of nitrogens with one attached hydrogen (secondary N) is 2. The SMILES string of the molecule is Cc1cnc(C(C)NC(=O)c2cc3ccccc3n2C)[nH]1. The Kier molecular flexibility index (Phi) is 3.25. The number of amides is 1. The molecular weight excluding hydrogens is 264 g/mol. The number of hydrogen-bond donors (Lipinski definition) is 2. The fraction of sp³-hybridized carbons (Fsp3) is 0.250. The first-order valence-corrected chi connectivity index (χ1v) is 6.93. The Labute approximate surface area is 123 Å².